The van der Waals surface area contributed by atoms with E-state index in [1.807, 2.05) is 29.6 Å². The second kappa shape index (κ2) is 9.22. The Kier molecular flexibility index (Phi) is 7.61. The molecule has 0 aliphatic carbocycles. The van der Waals surface area contributed by atoms with Crippen LogP contribution in [-0.2, 0) is 19.7 Å². The summed E-state index contributed by atoms with van der Waals surface area (Å²) in [7, 11) is 0. The first-order chi connectivity index (χ1) is 12.0. The van der Waals surface area contributed by atoms with Crippen LogP contribution in [0.2, 0.25) is 0 Å². The molecule has 0 fully saturated rings. The summed E-state index contributed by atoms with van der Waals surface area (Å²) in [6, 6.07) is 6.68. The third-order valence-corrected chi connectivity index (χ3v) is 3.66. The predicted molar refractivity (Wildman–Crippen MR) is 97.7 cm³/mol. The van der Waals surface area contributed by atoms with Crippen molar-refractivity contribution in [3.63, 3.8) is 0 Å². The smallest absolute Gasteiger partial charge is 0.318 e. The Morgan fingerprint density at radius 3 is 2.15 bits per heavy atom. The molecule has 0 aromatic heterocycles. The average Bonchev–Trinajstić information content (AvgIpc) is 2.51. The van der Waals surface area contributed by atoms with Gasteiger partial charge in [-0.25, -0.2) is 4.79 Å². The Labute approximate surface area is 154 Å². The van der Waals surface area contributed by atoms with E-state index in [1.165, 1.54) is 5.56 Å². The largest absolute Gasteiger partial charge is 0.493 e. The number of carbonyl (C=O) groups excluding carboxylic acids is 3. The number of ether oxygens (including phenoxy) is 2. The number of hydrogen-bond donors (Lipinski definition) is 2. The molecule has 0 spiro atoms. The van der Waals surface area contributed by atoms with Gasteiger partial charge in [0.25, 0.3) is 5.91 Å². The van der Waals surface area contributed by atoms with Crippen LogP contribution in [0.25, 0.3) is 0 Å². The van der Waals surface area contributed by atoms with Crippen LogP contribution < -0.4 is 15.8 Å². The van der Waals surface area contributed by atoms with Gasteiger partial charge in [0.2, 0.25) is 0 Å². The summed E-state index contributed by atoms with van der Waals surface area (Å²) >= 11 is 0. The summed E-state index contributed by atoms with van der Waals surface area (Å²) in [6.07, 6.45) is -1.10. The fourth-order valence-electron chi connectivity index (χ4n) is 2.19. The highest BCUT2D eigenvalue weighted by Crippen LogP contribution is 2.24. The number of nitrogens with one attached hydrogen (secondary N) is 1. The Bertz CT molecular complexity index is 632. The summed E-state index contributed by atoms with van der Waals surface area (Å²) in [5, 5.41) is 1.92. The molecule has 0 heterocycles. The highest BCUT2D eigenvalue weighted by molar-refractivity contribution is 5.96. The maximum Gasteiger partial charge on any atom is 0.318 e. The van der Waals surface area contributed by atoms with Crippen molar-refractivity contribution in [3.05, 3.63) is 29.8 Å². The van der Waals surface area contributed by atoms with E-state index in [-0.39, 0.29) is 24.4 Å². The second-order valence-corrected chi connectivity index (χ2v) is 7.38. The van der Waals surface area contributed by atoms with Crippen LogP contribution in [0.5, 0.6) is 5.75 Å². The first-order valence-electron chi connectivity index (χ1n) is 8.54. The van der Waals surface area contributed by atoms with Gasteiger partial charge in [0.15, 0.2) is 6.10 Å². The number of imide groups is 1. The molecule has 0 aliphatic rings. The normalized spacial score (nSPS) is 12.4. The lowest BCUT2D eigenvalue weighted by molar-refractivity contribution is -0.158. The van der Waals surface area contributed by atoms with Crippen LogP contribution in [0.4, 0.5) is 4.79 Å². The summed E-state index contributed by atoms with van der Waals surface area (Å²) in [6.45, 7) is 9.89. The van der Waals surface area contributed by atoms with Crippen molar-refractivity contribution in [2.75, 3.05) is 6.61 Å². The van der Waals surface area contributed by atoms with Crippen molar-refractivity contribution >= 4 is 17.9 Å². The predicted octanol–water partition coefficient (Wildman–Crippen LogP) is 2.52. The van der Waals surface area contributed by atoms with Crippen LogP contribution in [0, 0.1) is 5.92 Å². The lowest BCUT2D eigenvalue weighted by Gasteiger charge is -2.20. The van der Waals surface area contributed by atoms with Gasteiger partial charge in [-0.05, 0) is 29.0 Å². The molecule has 3 amide bonds. The van der Waals surface area contributed by atoms with Gasteiger partial charge >= 0.3 is 12.0 Å². The van der Waals surface area contributed by atoms with E-state index in [9.17, 15) is 14.4 Å². The van der Waals surface area contributed by atoms with Crippen LogP contribution >= 0.6 is 0 Å². The van der Waals surface area contributed by atoms with Gasteiger partial charge in [0.05, 0.1) is 13.0 Å². The summed E-state index contributed by atoms with van der Waals surface area (Å²) in [5.41, 5.74) is 6.15. The molecule has 1 aromatic rings. The Morgan fingerprint density at radius 1 is 1.12 bits per heavy atom. The zero-order valence-corrected chi connectivity index (χ0v) is 16.0. The number of amides is 3. The summed E-state index contributed by atoms with van der Waals surface area (Å²) in [4.78, 5) is 34.5. The zero-order valence-electron chi connectivity index (χ0n) is 16.0. The third kappa shape index (κ3) is 7.13. The van der Waals surface area contributed by atoms with Crippen molar-refractivity contribution in [1.82, 2.24) is 5.32 Å². The fourth-order valence-corrected chi connectivity index (χ4v) is 2.19. The molecule has 0 saturated carbocycles. The summed E-state index contributed by atoms with van der Waals surface area (Å²) in [5.74, 6) is -0.976. The maximum atomic E-state index is 11.9. The number of rotatable bonds is 7. The SMILES string of the molecule is CC(C)[C@H](OC(=O)CCOc1ccc(C(C)(C)C)cc1)C(=O)NC(N)=O. The molecule has 0 unspecified atom stereocenters. The summed E-state index contributed by atoms with van der Waals surface area (Å²) < 4.78 is 10.7. The van der Waals surface area contributed by atoms with E-state index >= 15 is 0 Å². The number of urea groups is 1. The van der Waals surface area contributed by atoms with E-state index in [2.05, 4.69) is 20.8 Å². The van der Waals surface area contributed by atoms with Crippen molar-refractivity contribution in [2.24, 2.45) is 11.7 Å². The molecule has 7 nitrogen and oxygen atoms in total. The number of benzene rings is 1. The van der Waals surface area contributed by atoms with Gasteiger partial charge in [0.1, 0.15) is 5.75 Å². The van der Waals surface area contributed by atoms with E-state index in [4.69, 9.17) is 15.2 Å². The molecular weight excluding hydrogens is 336 g/mol. The molecule has 0 radical (unpaired) electrons. The van der Waals surface area contributed by atoms with Gasteiger partial charge in [-0.3, -0.25) is 14.9 Å². The van der Waals surface area contributed by atoms with E-state index in [1.54, 1.807) is 13.8 Å². The Balaban J connectivity index is 2.50. The minimum Gasteiger partial charge on any atom is -0.493 e. The molecular formula is C19H28N2O5. The zero-order chi connectivity index (χ0) is 19.9. The lowest BCUT2D eigenvalue weighted by Crippen LogP contribution is -2.45. The quantitative estimate of drug-likeness (QED) is 0.723. The number of carbonyl (C=O) groups is 3. The highest BCUT2D eigenvalue weighted by atomic mass is 16.6. The molecule has 3 N–H and O–H groups in total. The number of nitrogens with two attached hydrogens (primary N) is 1. The fraction of sp³-hybridized carbons (Fsp3) is 0.526. The lowest BCUT2D eigenvalue weighted by atomic mass is 9.87. The molecule has 1 aromatic carbocycles. The molecule has 0 aliphatic heterocycles. The molecule has 0 saturated heterocycles. The van der Waals surface area contributed by atoms with Crippen LogP contribution in [0.15, 0.2) is 24.3 Å². The molecule has 0 bridgehead atoms. The monoisotopic (exact) mass is 364 g/mol. The Hall–Kier alpha value is -2.57. The van der Waals surface area contributed by atoms with Gasteiger partial charge < -0.3 is 15.2 Å². The number of esters is 1. The molecule has 1 atom stereocenters. The van der Waals surface area contributed by atoms with Gasteiger partial charge in [-0.2, -0.15) is 0 Å². The van der Waals surface area contributed by atoms with Gasteiger partial charge in [-0.1, -0.05) is 46.8 Å². The van der Waals surface area contributed by atoms with E-state index in [0.717, 1.165) is 0 Å². The maximum absolute atomic E-state index is 11.9. The third-order valence-electron chi connectivity index (χ3n) is 3.66. The van der Waals surface area contributed by atoms with Crippen LogP contribution in [-0.4, -0.2) is 30.6 Å². The van der Waals surface area contributed by atoms with Crippen LogP contribution in [0.1, 0.15) is 46.6 Å². The van der Waals surface area contributed by atoms with Crippen molar-refractivity contribution in [1.29, 1.82) is 0 Å². The molecule has 7 heteroatoms. The topological polar surface area (TPSA) is 108 Å². The van der Waals surface area contributed by atoms with Crippen molar-refractivity contribution in [2.45, 2.75) is 52.6 Å². The molecule has 1 rings (SSSR count). The second-order valence-electron chi connectivity index (χ2n) is 7.38. The molecule has 144 valence electrons. The van der Waals surface area contributed by atoms with Crippen LogP contribution in [0.3, 0.4) is 0 Å². The van der Waals surface area contributed by atoms with E-state index in [0.29, 0.717) is 5.75 Å². The van der Waals surface area contributed by atoms with E-state index < -0.39 is 24.0 Å². The first kappa shape index (κ1) is 21.5. The number of hydrogen-bond acceptors (Lipinski definition) is 5. The van der Waals surface area contributed by atoms with Crippen molar-refractivity contribution < 1.29 is 23.9 Å². The molecule has 26 heavy (non-hydrogen) atoms. The standard InChI is InChI=1S/C19H28N2O5/c1-12(2)16(17(23)21-18(20)24)26-15(22)10-11-25-14-8-6-13(7-9-14)19(3,4)5/h6-9,12,16H,10-11H2,1-5H3,(H3,20,21,23,24)/t16-/m0/s1. The number of primary amides is 1. The first-order valence-corrected chi connectivity index (χ1v) is 8.54. The van der Waals surface area contributed by atoms with Gasteiger partial charge in [0, 0.05) is 0 Å². The Morgan fingerprint density at radius 2 is 1.69 bits per heavy atom. The highest BCUT2D eigenvalue weighted by Gasteiger charge is 2.27. The van der Waals surface area contributed by atoms with Crippen molar-refractivity contribution in [3.8, 4) is 5.75 Å². The van der Waals surface area contributed by atoms with Gasteiger partial charge in [-0.15, -0.1) is 0 Å². The minimum atomic E-state index is -1.08. The average molecular weight is 364 g/mol. The minimum absolute atomic E-state index is 0.0197.